The number of rotatable bonds is 5. The van der Waals surface area contributed by atoms with Crippen LogP contribution in [0.25, 0.3) is 0 Å². The molecular weight excluding hydrogens is 246 g/mol. The Labute approximate surface area is 112 Å². The molecule has 18 heavy (non-hydrogen) atoms. The van der Waals surface area contributed by atoms with Crippen LogP contribution in [0, 0.1) is 0 Å². The van der Waals surface area contributed by atoms with Crippen LogP contribution in [-0.4, -0.2) is 23.8 Å². The van der Waals surface area contributed by atoms with Crippen LogP contribution in [0.4, 0.5) is 0 Å². The monoisotopic (exact) mass is 261 g/mol. The number of benzene rings is 1. The van der Waals surface area contributed by atoms with Crippen molar-refractivity contribution in [3.63, 3.8) is 0 Å². The molecule has 1 aromatic heterocycles. The molecule has 0 bridgehead atoms. The highest BCUT2D eigenvalue weighted by molar-refractivity contribution is 6.30. The van der Waals surface area contributed by atoms with Crippen LogP contribution < -0.4 is 5.32 Å². The van der Waals surface area contributed by atoms with Gasteiger partial charge in [-0.15, -0.1) is 0 Å². The number of halogens is 1. The van der Waals surface area contributed by atoms with Gasteiger partial charge in [0.2, 0.25) is 0 Å². The zero-order chi connectivity index (χ0) is 12.8. The number of likely N-dealkylation sites (N-methyl/N-ethyl adjacent to an activating group) is 1. The van der Waals surface area contributed by atoms with E-state index in [1.807, 2.05) is 31.3 Å². The fourth-order valence-corrected chi connectivity index (χ4v) is 2.09. The Morgan fingerprint density at radius 1 is 1.22 bits per heavy atom. The molecule has 3 nitrogen and oxygen atoms in total. The molecule has 1 N–H and O–H groups in total. The Balaban J connectivity index is 2.14. The first-order chi connectivity index (χ1) is 8.79. The highest BCUT2D eigenvalue weighted by atomic mass is 35.5. The molecule has 0 aliphatic rings. The van der Waals surface area contributed by atoms with Gasteiger partial charge in [0.05, 0.1) is 5.69 Å². The van der Waals surface area contributed by atoms with Crippen molar-refractivity contribution in [3.8, 4) is 0 Å². The summed E-state index contributed by atoms with van der Waals surface area (Å²) in [5.74, 6) is 0.324. The van der Waals surface area contributed by atoms with Crippen molar-refractivity contribution in [3.05, 3.63) is 58.9 Å². The van der Waals surface area contributed by atoms with E-state index in [0.717, 1.165) is 23.7 Å². The van der Waals surface area contributed by atoms with Crippen LogP contribution in [0.1, 0.15) is 17.2 Å². The number of hydrogen-bond donors (Lipinski definition) is 1. The lowest BCUT2D eigenvalue weighted by Crippen LogP contribution is -2.20. The predicted molar refractivity (Wildman–Crippen MR) is 73.9 cm³/mol. The van der Waals surface area contributed by atoms with Crippen molar-refractivity contribution in [1.29, 1.82) is 0 Å². The van der Waals surface area contributed by atoms with Gasteiger partial charge in [-0.1, -0.05) is 23.7 Å². The second kappa shape index (κ2) is 6.47. The van der Waals surface area contributed by atoms with E-state index in [4.69, 9.17) is 11.6 Å². The molecule has 0 fully saturated rings. The fourth-order valence-electron chi connectivity index (χ4n) is 1.96. The first-order valence-electron chi connectivity index (χ1n) is 5.96. The largest absolute Gasteiger partial charge is 0.319 e. The molecule has 0 saturated heterocycles. The van der Waals surface area contributed by atoms with Crippen molar-refractivity contribution >= 4 is 11.6 Å². The summed E-state index contributed by atoms with van der Waals surface area (Å²) in [5.41, 5.74) is 2.27. The Morgan fingerprint density at radius 2 is 2.00 bits per heavy atom. The number of hydrogen-bond acceptors (Lipinski definition) is 3. The van der Waals surface area contributed by atoms with Gasteiger partial charge >= 0.3 is 0 Å². The summed E-state index contributed by atoms with van der Waals surface area (Å²) in [6.45, 7) is 0.876. The standard InChI is InChI=1S/C14H16ClN3/c1-16-10-12(14-3-2-8-17-18-14)9-11-4-6-13(15)7-5-11/h2-8,12,16H,9-10H2,1H3. The lowest BCUT2D eigenvalue weighted by atomic mass is 9.96. The van der Waals surface area contributed by atoms with E-state index < -0.39 is 0 Å². The van der Waals surface area contributed by atoms with Crippen molar-refractivity contribution in [2.75, 3.05) is 13.6 Å². The number of nitrogens with zero attached hydrogens (tertiary/aromatic N) is 2. The van der Waals surface area contributed by atoms with Gasteiger partial charge in [-0.3, -0.25) is 0 Å². The summed E-state index contributed by atoms with van der Waals surface area (Å²) in [7, 11) is 1.95. The van der Waals surface area contributed by atoms with Gasteiger partial charge in [-0.2, -0.15) is 10.2 Å². The smallest absolute Gasteiger partial charge is 0.0677 e. The highest BCUT2D eigenvalue weighted by Crippen LogP contribution is 2.19. The van der Waals surface area contributed by atoms with Gasteiger partial charge in [0.25, 0.3) is 0 Å². The molecule has 1 aromatic carbocycles. The molecule has 94 valence electrons. The summed E-state index contributed by atoms with van der Waals surface area (Å²) in [6.07, 6.45) is 2.62. The quantitative estimate of drug-likeness (QED) is 0.899. The molecule has 0 amide bonds. The topological polar surface area (TPSA) is 37.8 Å². The Bertz CT molecular complexity index is 470. The van der Waals surface area contributed by atoms with E-state index in [2.05, 4.69) is 27.6 Å². The number of nitrogens with one attached hydrogen (secondary N) is 1. The maximum Gasteiger partial charge on any atom is 0.0677 e. The second-order valence-corrected chi connectivity index (χ2v) is 4.67. The molecule has 1 atom stereocenters. The van der Waals surface area contributed by atoms with Crippen LogP contribution in [0.3, 0.4) is 0 Å². The van der Waals surface area contributed by atoms with Crippen LogP contribution in [0.15, 0.2) is 42.6 Å². The SMILES string of the molecule is CNCC(Cc1ccc(Cl)cc1)c1cccnn1. The van der Waals surface area contributed by atoms with Crippen LogP contribution in [0.2, 0.25) is 5.02 Å². The fraction of sp³-hybridized carbons (Fsp3) is 0.286. The van der Waals surface area contributed by atoms with Crippen molar-refractivity contribution in [2.45, 2.75) is 12.3 Å². The molecule has 4 heteroatoms. The molecule has 0 radical (unpaired) electrons. The number of aromatic nitrogens is 2. The zero-order valence-corrected chi connectivity index (χ0v) is 11.1. The summed E-state index contributed by atoms with van der Waals surface area (Å²) in [4.78, 5) is 0. The lowest BCUT2D eigenvalue weighted by Gasteiger charge is -2.15. The van der Waals surface area contributed by atoms with Crippen molar-refractivity contribution < 1.29 is 0 Å². The molecule has 0 aliphatic carbocycles. The summed E-state index contributed by atoms with van der Waals surface area (Å²) in [6, 6.07) is 11.9. The predicted octanol–water partition coefficient (Wildman–Crippen LogP) is 2.68. The minimum atomic E-state index is 0.324. The van der Waals surface area contributed by atoms with Gasteiger partial charge in [0, 0.05) is 23.7 Å². The van der Waals surface area contributed by atoms with E-state index >= 15 is 0 Å². The van der Waals surface area contributed by atoms with Crippen molar-refractivity contribution in [2.24, 2.45) is 0 Å². The third-order valence-corrected chi connectivity index (χ3v) is 3.11. The minimum Gasteiger partial charge on any atom is -0.319 e. The maximum absolute atomic E-state index is 5.89. The van der Waals surface area contributed by atoms with Gasteiger partial charge in [0.15, 0.2) is 0 Å². The average molecular weight is 262 g/mol. The highest BCUT2D eigenvalue weighted by Gasteiger charge is 2.13. The first-order valence-corrected chi connectivity index (χ1v) is 6.34. The molecule has 2 aromatic rings. The first kappa shape index (κ1) is 13.0. The summed E-state index contributed by atoms with van der Waals surface area (Å²) >= 11 is 5.89. The molecule has 0 aliphatic heterocycles. The molecule has 0 spiro atoms. The average Bonchev–Trinajstić information content (AvgIpc) is 2.42. The molecule has 1 heterocycles. The lowest BCUT2D eigenvalue weighted by molar-refractivity contribution is 0.602. The summed E-state index contributed by atoms with van der Waals surface area (Å²) < 4.78 is 0. The molecule has 0 saturated carbocycles. The third kappa shape index (κ3) is 3.52. The van der Waals surface area contributed by atoms with E-state index in [1.165, 1.54) is 5.56 Å². The molecule has 1 unspecified atom stereocenters. The van der Waals surface area contributed by atoms with Gasteiger partial charge < -0.3 is 5.32 Å². The van der Waals surface area contributed by atoms with Crippen LogP contribution >= 0.6 is 11.6 Å². The van der Waals surface area contributed by atoms with E-state index in [0.29, 0.717) is 5.92 Å². The molecular formula is C14H16ClN3. The maximum atomic E-state index is 5.89. The third-order valence-electron chi connectivity index (χ3n) is 2.86. The second-order valence-electron chi connectivity index (χ2n) is 4.23. The van der Waals surface area contributed by atoms with Gasteiger partial charge in [-0.05, 0) is 43.3 Å². The normalized spacial score (nSPS) is 12.3. The zero-order valence-electron chi connectivity index (χ0n) is 10.3. The van der Waals surface area contributed by atoms with E-state index in [1.54, 1.807) is 6.20 Å². The van der Waals surface area contributed by atoms with Crippen LogP contribution in [0.5, 0.6) is 0 Å². The summed E-state index contributed by atoms with van der Waals surface area (Å²) in [5, 5.41) is 12.1. The minimum absolute atomic E-state index is 0.324. The Morgan fingerprint density at radius 3 is 2.61 bits per heavy atom. The Hall–Kier alpha value is -1.45. The van der Waals surface area contributed by atoms with Crippen LogP contribution in [-0.2, 0) is 6.42 Å². The molecule has 2 rings (SSSR count). The van der Waals surface area contributed by atoms with E-state index in [-0.39, 0.29) is 0 Å². The van der Waals surface area contributed by atoms with Crippen molar-refractivity contribution in [1.82, 2.24) is 15.5 Å². The van der Waals surface area contributed by atoms with Gasteiger partial charge in [0.1, 0.15) is 0 Å². The Kier molecular flexibility index (Phi) is 4.67. The van der Waals surface area contributed by atoms with Gasteiger partial charge in [-0.25, -0.2) is 0 Å². The van der Waals surface area contributed by atoms with E-state index in [9.17, 15) is 0 Å².